The van der Waals surface area contributed by atoms with Crippen molar-refractivity contribution >= 4 is 28.6 Å². The van der Waals surface area contributed by atoms with Gasteiger partial charge in [-0.1, -0.05) is 43.0 Å². The van der Waals surface area contributed by atoms with Crippen LogP contribution in [-0.4, -0.2) is 16.9 Å². The Morgan fingerprint density at radius 1 is 1.11 bits per heavy atom. The Labute approximate surface area is 163 Å². The molecule has 0 radical (unpaired) electrons. The Kier molecular flexibility index (Phi) is 3.97. The van der Waals surface area contributed by atoms with E-state index >= 15 is 0 Å². The SMILES string of the molecule is C[C@]12CCC(=O)NC1CCc1cc(Sc3cnc4ccccc4c3)ccc12. The van der Waals surface area contributed by atoms with Crippen LogP contribution in [0.1, 0.15) is 37.3 Å². The van der Waals surface area contributed by atoms with Gasteiger partial charge in [0.15, 0.2) is 0 Å². The third-order valence-corrected chi connectivity index (χ3v) is 7.12. The first kappa shape index (κ1) is 16.8. The van der Waals surface area contributed by atoms with E-state index in [0.29, 0.717) is 6.42 Å². The average molecular weight is 375 g/mol. The minimum atomic E-state index is 0.0647. The molecule has 2 aliphatic rings. The van der Waals surface area contributed by atoms with Crippen LogP contribution in [0.25, 0.3) is 10.9 Å². The number of amides is 1. The van der Waals surface area contributed by atoms with E-state index in [9.17, 15) is 4.79 Å². The Morgan fingerprint density at radius 3 is 2.93 bits per heavy atom. The molecular weight excluding hydrogens is 352 g/mol. The lowest BCUT2D eigenvalue weighted by Crippen LogP contribution is -2.55. The van der Waals surface area contributed by atoms with Crippen molar-refractivity contribution in [2.75, 3.05) is 0 Å². The Balaban J connectivity index is 1.45. The Morgan fingerprint density at radius 2 is 2.00 bits per heavy atom. The van der Waals surface area contributed by atoms with Crippen molar-refractivity contribution in [1.29, 1.82) is 0 Å². The number of para-hydroxylation sites is 1. The highest BCUT2D eigenvalue weighted by Crippen LogP contribution is 2.44. The number of pyridine rings is 1. The standard InChI is InChI=1S/C23H22N2OS/c1-23-11-10-22(26)25-21(23)9-6-15-12-17(7-8-19(15)23)27-18-13-16-4-2-3-5-20(16)24-14-18/h2-5,7-8,12-14,21H,6,9-11H2,1H3,(H,25,26)/t21?,23-/m1/s1. The van der Waals surface area contributed by atoms with E-state index in [0.717, 1.165) is 24.8 Å². The van der Waals surface area contributed by atoms with Crippen LogP contribution >= 0.6 is 11.8 Å². The number of piperidine rings is 1. The summed E-state index contributed by atoms with van der Waals surface area (Å²) in [5, 5.41) is 4.39. The molecule has 27 heavy (non-hydrogen) atoms. The molecular formula is C23H22N2OS. The predicted octanol–water partition coefficient (Wildman–Crippen LogP) is 4.87. The number of fused-ring (bicyclic) bond motifs is 4. The molecule has 0 saturated carbocycles. The molecule has 1 N–H and O–H groups in total. The number of carbonyl (C=O) groups is 1. The Bertz CT molecular complexity index is 1050. The smallest absolute Gasteiger partial charge is 0.220 e. The van der Waals surface area contributed by atoms with Crippen molar-refractivity contribution in [3.63, 3.8) is 0 Å². The van der Waals surface area contributed by atoms with E-state index in [2.05, 4.69) is 53.6 Å². The van der Waals surface area contributed by atoms with Gasteiger partial charge < -0.3 is 5.32 Å². The second kappa shape index (κ2) is 6.38. The molecule has 2 atom stereocenters. The predicted molar refractivity (Wildman–Crippen MR) is 109 cm³/mol. The summed E-state index contributed by atoms with van der Waals surface area (Å²) in [7, 11) is 0. The fraction of sp³-hybridized carbons (Fsp3) is 0.304. The summed E-state index contributed by atoms with van der Waals surface area (Å²) >= 11 is 1.77. The van der Waals surface area contributed by atoms with Gasteiger partial charge in [0, 0.05) is 39.3 Å². The number of nitrogens with zero attached hydrogens (tertiary/aromatic N) is 1. The van der Waals surface area contributed by atoms with Gasteiger partial charge in [-0.05, 0) is 54.7 Å². The van der Waals surface area contributed by atoms with Crippen LogP contribution < -0.4 is 5.32 Å². The molecule has 2 heterocycles. The topological polar surface area (TPSA) is 42.0 Å². The molecule has 1 aliphatic carbocycles. The van der Waals surface area contributed by atoms with E-state index in [-0.39, 0.29) is 17.4 Å². The molecule has 3 aromatic rings. The number of benzene rings is 2. The second-order valence-corrected chi connectivity index (χ2v) is 9.01. The van der Waals surface area contributed by atoms with Crippen LogP contribution in [-0.2, 0) is 16.6 Å². The Hall–Kier alpha value is -2.33. The van der Waals surface area contributed by atoms with Crippen molar-refractivity contribution in [2.24, 2.45) is 0 Å². The van der Waals surface area contributed by atoms with Gasteiger partial charge in [0.05, 0.1) is 5.52 Å². The van der Waals surface area contributed by atoms with Crippen LogP contribution in [0, 0.1) is 0 Å². The molecule has 1 unspecified atom stereocenters. The van der Waals surface area contributed by atoms with Gasteiger partial charge in [0.1, 0.15) is 0 Å². The van der Waals surface area contributed by atoms with Crippen molar-refractivity contribution in [3.8, 4) is 0 Å². The van der Waals surface area contributed by atoms with Gasteiger partial charge >= 0.3 is 0 Å². The first-order valence-electron chi connectivity index (χ1n) is 9.57. The highest BCUT2D eigenvalue weighted by molar-refractivity contribution is 7.99. The molecule has 1 saturated heterocycles. The monoisotopic (exact) mass is 374 g/mol. The molecule has 0 spiro atoms. The zero-order valence-electron chi connectivity index (χ0n) is 15.4. The number of aryl methyl sites for hydroxylation is 1. The number of hydrogen-bond acceptors (Lipinski definition) is 3. The van der Waals surface area contributed by atoms with Gasteiger partial charge in [-0.2, -0.15) is 0 Å². The average Bonchev–Trinajstić information content (AvgIpc) is 2.68. The maximum Gasteiger partial charge on any atom is 0.220 e. The fourth-order valence-electron chi connectivity index (χ4n) is 4.63. The molecule has 0 bridgehead atoms. The lowest BCUT2D eigenvalue weighted by atomic mass is 9.64. The molecule has 1 aliphatic heterocycles. The molecule has 4 heteroatoms. The first-order chi connectivity index (χ1) is 13.1. The van der Waals surface area contributed by atoms with Crippen LogP contribution in [0.3, 0.4) is 0 Å². The maximum atomic E-state index is 11.8. The zero-order valence-corrected chi connectivity index (χ0v) is 16.2. The van der Waals surface area contributed by atoms with Gasteiger partial charge in [0.25, 0.3) is 0 Å². The van der Waals surface area contributed by atoms with E-state index in [1.165, 1.54) is 26.3 Å². The van der Waals surface area contributed by atoms with Crippen LogP contribution in [0.4, 0.5) is 0 Å². The number of rotatable bonds is 2. The van der Waals surface area contributed by atoms with Crippen molar-refractivity contribution in [2.45, 2.75) is 53.9 Å². The second-order valence-electron chi connectivity index (χ2n) is 7.86. The summed E-state index contributed by atoms with van der Waals surface area (Å²) in [5.41, 5.74) is 3.95. The van der Waals surface area contributed by atoms with Crippen LogP contribution in [0.15, 0.2) is 64.5 Å². The summed E-state index contributed by atoms with van der Waals surface area (Å²) in [6.07, 6.45) is 5.59. The molecule has 5 rings (SSSR count). The number of hydrogen-bond donors (Lipinski definition) is 1. The van der Waals surface area contributed by atoms with Crippen molar-refractivity contribution in [1.82, 2.24) is 10.3 Å². The highest BCUT2D eigenvalue weighted by Gasteiger charge is 2.43. The molecule has 1 aromatic heterocycles. The van der Waals surface area contributed by atoms with Gasteiger partial charge in [0.2, 0.25) is 5.91 Å². The lowest BCUT2D eigenvalue weighted by Gasteiger charge is -2.46. The summed E-state index contributed by atoms with van der Waals surface area (Å²) in [6.45, 7) is 2.31. The van der Waals surface area contributed by atoms with Gasteiger partial charge in [-0.25, -0.2) is 0 Å². The summed E-state index contributed by atoms with van der Waals surface area (Å²) in [5.74, 6) is 0.205. The largest absolute Gasteiger partial charge is 0.352 e. The maximum absolute atomic E-state index is 11.8. The van der Waals surface area contributed by atoms with Crippen molar-refractivity contribution < 1.29 is 4.79 Å². The van der Waals surface area contributed by atoms with E-state index in [4.69, 9.17) is 0 Å². The third kappa shape index (κ3) is 2.92. The number of nitrogens with one attached hydrogen (secondary N) is 1. The van der Waals surface area contributed by atoms with Gasteiger partial charge in [-0.15, -0.1) is 0 Å². The molecule has 1 amide bonds. The fourth-order valence-corrected chi connectivity index (χ4v) is 5.53. The van der Waals surface area contributed by atoms with E-state index in [1.54, 1.807) is 11.8 Å². The lowest BCUT2D eigenvalue weighted by molar-refractivity contribution is -0.125. The molecule has 136 valence electrons. The highest BCUT2D eigenvalue weighted by atomic mass is 32.2. The van der Waals surface area contributed by atoms with E-state index < -0.39 is 0 Å². The minimum absolute atomic E-state index is 0.0647. The summed E-state index contributed by atoms with van der Waals surface area (Å²) in [6, 6.07) is 17.6. The first-order valence-corrected chi connectivity index (χ1v) is 10.4. The van der Waals surface area contributed by atoms with Gasteiger partial charge in [-0.3, -0.25) is 9.78 Å². The number of carbonyl (C=O) groups excluding carboxylic acids is 1. The summed E-state index contributed by atoms with van der Waals surface area (Å²) < 4.78 is 0. The third-order valence-electron chi connectivity index (χ3n) is 6.17. The molecule has 2 aromatic carbocycles. The summed E-state index contributed by atoms with van der Waals surface area (Å²) in [4.78, 5) is 18.8. The number of aromatic nitrogens is 1. The van der Waals surface area contributed by atoms with Crippen molar-refractivity contribution in [3.05, 3.63) is 65.9 Å². The van der Waals surface area contributed by atoms with E-state index in [1.807, 2.05) is 18.3 Å². The van der Waals surface area contributed by atoms with Crippen LogP contribution in [0.2, 0.25) is 0 Å². The zero-order chi connectivity index (χ0) is 18.4. The quantitative estimate of drug-likeness (QED) is 0.696. The minimum Gasteiger partial charge on any atom is -0.352 e. The molecule has 3 nitrogen and oxygen atoms in total. The normalized spacial score (nSPS) is 24.2. The van der Waals surface area contributed by atoms with Crippen LogP contribution in [0.5, 0.6) is 0 Å². The molecule has 1 fully saturated rings.